The number of benzene rings is 2. The minimum absolute atomic E-state index is 0.186. The third-order valence-corrected chi connectivity index (χ3v) is 5.69. The molecule has 0 bridgehead atoms. The number of ether oxygens (including phenoxy) is 1. The molecule has 0 aromatic heterocycles. The number of sulfonamides is 1. The van der Waals surface area contributed by atoms with Crippen LogP contribution in [0.25, 0.3) is 0 Å². The molecule has 3 rings (SSSR count). The van der Waals surface area contributed by atoms with Crippen molar-refractivity contribution >= 4 is 21.6 Å². The van der Waals surface area contributed by atoms with Gasteiger partial charge in [-0.3, -0.25) is 9.10 Å². The number of primary amides is 1. The lowest BCUT2D eigenvalue weighted by atomic mass is 10.0. The van der Waals surface area contributed by atoms with Crippen LogP contribution in [0.15, 0.2) is 53.4 Å². The minimum Gasteiger partial charge on any atom is -0.484 e. The molecule has 0 radical (unpaired) electrons. The van der Waals surface area contributed by atoms with Gasteiger partial charge < -0.3 is 10.5 Å². The zero-order chi connectivity index (χ0) is 17.2. The van der Waals surface area contributed by atoms with Gasteiger partial charge in [-0.2, -0.15) is 0 Å². The Balaban J connectivity index is 1.87. The predicted molar refractivity (Wildman–Crippen MR) is 90.4 cm³/mol. The highest BCUT2D eigenvalue weighted by Gasteiger charge is 2.28. The number of fused-ring (bicyclic) bond motifs is 1. The first-order chi connectivity index (χ1) is 11.5. The maximum Gasteiger partial charge on any atom is 0.264 e. The average Bonchev–Trinajstić information content (AvgIpc) is 2.59. The van der Waals surface area contributed by atoms with E-state index in [9.17, 15) is 13.2 Å². The highest BCUT2D eigenvalue weighted by molar-refractivity contribution is 7.92. The maximum absolute atomic E-state index is 12.9. The number of rotatable bonds is 5. The van der Waals surface area contributed by atoms with Crippen LogP contribution in [0.1, 0.15) is 12.0 Å². The third-order valence-electron chi connectivity index (χ3n) is 3.86. The van der Waals surface area contributed by atoms with E-state index in [1.807, 2.05) is 24.3 Å². The second-order valence-corrected chi connectivity index (χ2v) is 7.40. The van der Waals surface area contributed by atoms with E-state index in [0.717, 1.165) is 24.1 Å². The predicted octanol–water partition coefficient (Wildman–Crippen LogP) is 1.69. The molecule has 0 aliphatic carbocycles. The van der Waals surface area contributed by atoms with Gasteiger partial charge in [0.05, 0.1) is 10.6 Å². The molecule has 126 valence electrons. The van der Waals surface area contributed by atoms with Crippen LogP contribution in [0.2, 0.25) is 0 Å². The number of hydrogen-bond acceptors (Lipinski definition) is 4. The van der Waals surface area contributed by atoms with E-state index in [0.29, 0.717) is 12.3 Å². The lowest BCUT2D eigenvalue weighted by Gasteiger charge is -2.30. The molecule has 0 atom stereocenters. The van der Waals surface area contributed by atoms with E-state index in [4.69, 9.17) is 10.5 Å². The summed E-state index contributed by atoms with van der Waals surface area (Å²) in [7, 11) is -3.64. The Hall–Kier alpha value is -2.54. The van der Waals surface area contributed by atoms with Crippen molar-refractivity contribution in [3.8, 4) is 5.75 Å². The fourth-order valence-corrected chi connectivity index (χ4v) is 4.28. The smallest absolute Gasteiger partial charge is 0.264 e. The fraction of sp³-hybridized carbons (Fsp3) is 0.235. The third kappa shape index (κ3) is 3.21. The van der Waals surface area contributed by atoms with E-state index in [1.165, 1.54) is 28.6 Å². The van der Waals surface area contributed by atoms with Crippen molar-refractivity contribution in [2.75, 3.05) is 17.5 Å². The van der Waals surface area contributed by atoms with Crippen molar-refractivity contribution in [1.29, 1.82) is 0 Å². The molecule has 1 aliphatic heterocycles. The molecule has 6 nitrogen and oxygen atoms in total. The second-order valence-electron chi connectivity index (χ2n) is 5.54. The summed E-state index contributed by atoms with van der Waals surface area (Å²) in [6, 6.07) is 13.5. The number of anilines is 1. The molecule has 0 spiro atoms. The Kier molecular flexibility index (Phi) is 4.44. The molecular formula is C17H18N2O4S. The normalized spacial score (nSPS) is 14.1. The van der Waals surface area contributed by atoms with Crippen LogP contribution in [-0.2, 0) is 21.2 Å². The fourth-order valence-electron chi connectivity index (χ4n) is 2.74. The van der Waals surface area contributed by atoms with Crippen LogP contribution in [-0.4, -0.2) is 27.5 Å². The highest BCUT2D eigenvalue weighted by atomic mass is 32.2. The molecule has 2 aromatic rings. The summed E-state index contributed by atoms with van der Waals surface area (Å²) in [4.78, 5) is 10.9. The standard InChI is InChI=1S/C17H18N2O4S/c18-17(20)12-23-14-7-9-15(10-8-14)24(21,22)19-11-3-5-13-4-1-2-6-16(13)19/h1-2,4,6-10H,3,5,11-12H2,(H2,18,20). The van der Waals surface area contributed by atoms with Gasteiger partial charge in [0.2, 0.25) is 0 Å². The minimum atomic E-state index is -3.64. The first kappa shape index (κ1) is 16.3. The topological polar surface area (TPSA) is 89.7 Å². The van der Waals surface area contributed by atoms with Gasteiger partial charge in [-0.25, -0.2) is 8.42 Å². The zero-order valence-electron chi connectivity index (χ0n) is 13.0. The summed E-state index contributed by atoms with van der Waals surface area (Å²) in [6.07, 6.45) is 1.66. The number of carbonyl (C=O) groups excluding carboxylic acids is 1. The highest BCUT2D eigenvalue weighted by Crippen LogP contribution is 2.32. The number of nitrogens with two attached hydrogens (primary N) is 1. The summed E-state index contributed by atoms with van der Waals surface area (Å²) in [5.74, 6) is -0.191. The quantitative estimate of drug-likeness (QED) is 0.892. The van der Waals surface area contributed by atoms with Crippen LogP contribution in [0.3, 0.4) is 0 Å². The van der Waals surface area contributed by atoms with Gasteiger partial charge >= 0.3 is 0 Å². The first-order valence-electron chi connectivity index (χ1n) is 7.60. The lowest BCUT2D eigenvalue weighted by molar-refractivity contribution is -0.119. The number of para-hydroxylation sites is 1. The molecule has 2 aromatic carbocycles. The molecule has 7 heteroatoms. The van der Waals surface area contributed by atoms with Crippen LogP contribution in [0.5, 0.6) is 5.75 Å². The van der Waals surface area contributed by atoms with Crippen molar-refractivity contribution in [1.82, 2.24) is 0 Å². The van der Waals surface area contributed by atoms with E-state index < -0.39 is 15.9 Å². The van der Waals surface area contributed by atoms with Crippen molar-refractivity contribution in [3.05, 3.63) is 54.1 Å². The molecule has 0 unspecified atom stereocenters. The van der Waals surface area contributed by atoms with Gasteiger partial charge in [-0.1, -0.05) is 18.2 Å². The monoisotopic (exact) mass is 346 g/mol. The van der Waals surface area contributed by atoms with Crippen LogP contribution in [0.4, 0.5) is 5.69 Å². The van der Waals surface area contributed by atoms with E-state index in [2.05, 4.69) is 0 Å². The first-order valence-corrected chi connectivity index (χ1v) is 9.04. The van der Waals surface area contributed by atoms with Gasteiger partial charge in [0.15, 0.2) is 6.61 Å². The Morgan fingerprint density at radius 2 is 1.83 bits per heavy atom. The summed E-state index contributed by atoms with van der Waals surface area (Å²) >= 11 is 0. The molecule has 1 amide bonds. The number of carbonyl (C=O) groups is 1. The molecule has 24 heavy (non-hydrogen) atoms. The van der Waals surface area contributed by atoms with Crippen molar-refractivity contribution in [2.45, 2.75) is 17.7 Å². The SMILES string of the molecule is NC(=O)COc1ccc(S(=O)(=O)N2CCCc3ccccc32)cc1. The summed E-state index contributed by atoms with van der Waals surface area (Å²) in [5.41, 5.74) is 6.79. The Labute approximate surface area is 140 Å². The summed E-state index contributed by atoms with van der Waals surface area (Å²) in [5, 5.41) is 0. The molecule has 2 N–H and O–H groups in total. The Morgan fingerprint density at radius 3 is 2.54 bits per heavy atom. The number of nitrogens with zero attached hydrogens (tertiary/aromatic N) is 1. The zero-order valence-corrected chi connectivity index (χ0v) is 13.8. The maximum atomic E-state index is 12.9. The lowest BCUT2D eigenvalue weighted by Crippen LogP contribution is -2.35. The molecule has 0 saturated heterocycles. The molecule has 0 saturated carbocycles. The van der Waals surface area contributed by atoms with Gasteiger partial charge in [0.25, 0.3) is 15.9 Å². The van der Waals surface area contributed by atoms with Crippen molar-refractivity contribution in [3.63, 3.8) is 0 Å². The van der Waals surface area contributed by atoms with E-state index in [1.54, 1.807) is 0 Å². The molecule has 1 aliphatic rings. The van der Waals surface area contributed by atoms with E-state index >= 15 is 0 Å². The summed E-state index contributed by atoms with van der Waals surface area (Å²) in [6.45, 7) is 0.213. The van der Waals surface area contributed by atoms with Gasteiger partial charge in [-0.05, 0) is 48.7 Å². The van der Waals surface area contributed by atoms with Crippen LogP contribution in [0, 0.1) is 0 Å². The van der Waals surface area contributed by atoms with Crippen LogP contribution >= 0.6 is 0 Å². The van der Waals surface area contributed by atoms with Gasteiger partial charge in [0.1, 0.15) is 5.75 Å². The molecular weight excluding hydrogens is 328 g/mol. The number of amides is 1. The largest absolute Gasteiger partial charge is 0.484 e. The number of hydrogen-bond donors (Lipinski definition) is 1. The Morgan fingerprint density at radius 1 is 1.12 bits per heavy atom. The van der Waals surface area contributed by atoms with Gasteiger partial charge in [-0.15, -0.1) is 0 Å². The summed E-state index contributed by atoms with van der Waals surface area (Å²) < 4.78 is 32.5. The average molecular weight is 346 g/mol. The number of aryl methyl sites for hydroxylation is 1. The molecule has 1 heterocycles. The van der Waals surface area contributed by atoms with Gasteiger partial charge in [0, 0.05) is 6.54 Å². The molecule has 0 fully saturated rings. The van der Waals surface area contributed by atoms with Crippen molar-refractivity contribution in [2.24, 2.45) is 5.73 Å². The van der Waals surface area contributed by atoms with Crippen molar-refractivity contribution < 1.29 is 17.9 Å². The van der Waals surface area contributed by atoms with Crippen LogP contribution < -0.4 is 14.8 Å². The Bertz CT molecular complexity index is 847. The van der Waals surface area contributed by atoms with E-state index in [-0.39, 0.29) is 11.5 Å². The second kappa shape index (κ2) is 6.52.